The van der Waals surface area contributed by atoms with Crippen molar-refractivity contribution in [3.8, 4) is 0 Å². The summed E-state index contributed by atoms with van der Waals surface area (Å²) in [6, 6.07) is 12.3. The van der Waals surface area contributed by atoms with Crippen LogP contribution < -0.4 is 0 Å². The lowest BCUT2D eigenvalue weighted by molar-refractivity contribution is -0.385. The molecule has 0 aliphatic rings. The number of fused-ring (bicyclic) bond motifs is 1. The van der Waals surface area contributed by atoms with E-state index in [2.05, 4.69) is 4.98 Å². The maximum absolute atomic E-state index is 11.1. The number of para-hydroxylation sites is 2. The third-order valence-corrected chi connectivity index (χ3v) is 3.50. The second-order valence-corrected chi connectivity index (χ2v) is 4.76. The number of nitrogens with zero attached hydrogens (tertiary/aromatic N) is 3. The van der Waals surface area contributed by atoms with E-state index in [0.29, 0.717) is 17.1 Å². The predicted octanol–water partition coefficient (Wildman–Crippen LogP) is 3.65. The number of benzene rings is 2. The molecule has 0 unspecified atom stereocenters. The molecule has 20 heavy (non-hydrogen) atoms. The van der Waals surface area contributed by atoms with Crippen LogP contribution in [0.15, 0.2) is 48.8 Å². The lowest BCUT2D eigenvalue weighted by Gasteiger charge is -2.07. The normalized spacial score (nSPS) is 10.8. The molecule has 100 valence electrons. The van der Waals surface area contributed by atoms with Gasteiger partial charge in [-0.2, -0.15) is 0 Å². The third-order valence-electron chi connectivity index (χ3n) is 3.15. The molecule has 3 aromatic rings. The summed E-state index contributed by atoms with van der Waals surface area (Å²) in [5.41, 5.74) is 2.28. The molecule has 2 aromatic carbocycles. The van der Waals surface area contributed by atoms with Crippen molar-refractivity contribution < 1.29 is 4.92 Å². The van der Waals surface area contributed by atoms with Crippen molar-refractivity contribution in [1.29, 1.82) is 0 Å². The van der Waals surface area contributed by atoms with Crippen LogP contribution in [0.4, 0.5) is 5.69 Å². The van der Waals surface area contributed by atoms with Gasteiger partial charge in [0.05, 0.1) is 39.4 Å². The van der Waals surface area contributed by atoms with Gasteiger partial charge in [0.15, 0.2) is 0 Å². The molecule has 3 rings (SSSR count). The highest BCUT2D eigenvalue weighted by Gasteiger charge is 2.17. The molecule has 0 fully saturated rings. The Kier molecular flexibility index (Phi) is 3.12. The number of nitro benzene ring substituents is 1. The number of rotatable bonds is 3. The fourth-order valence-electron chi connectivity index (χ4n) is 2.18. The second-order valence-electron chi connectivity index (χ2n) is 4.36. The number of hydrogen-bond donors (Lipinski definition) is 0. The molecule has 1 aromatic heterocycles. The van der Waals surface area contributed by atoms with Crippen LogP contribution in [0.3, 0.4) is 0 Å². The second kappa shape index (κ2) is 4.94. The molecule has 0 amide bonds. The quantitative estimate of drug-likeness (QED) is 0.546. The van der Waals surface area contributed by atoms with Gasteiger partial charge in [0.1, 0.15) is 0 Å². The molecule has 0 spiro atoms. The molecule has 6 heteroatoms. The summed E-state index contributed by atoms with van der Waals surface area (Å²) >= 11 is 6.10. The summed E-state index contributed by atoms with van der Waals surface area (Å²) in [6.45, 7) is 0.316. The lowest BCUT2D eigenvalue weighted by atomic mass is 10.1. The Hall–Kier alpha value is -2.40. The van der Waals surface area contributed by atoms with Crippen molar-refractivity contribution in [2.24, 2.45) is 0 Å². The topological polar surface area (TPSA) is 61.0 Å². The maximum Gasteiger partial charge on any atom is 0.275 e. The van der Waals surface area contributed by atoms with E-state index >= 15 is 0 Å². The van der Waals surface area contributed by atoms with Crippen LogP contribution in [0, 0.1) is 10.1 Å². The summed E-state index contributed by atoms with van der Waals surface area (Å²) in [5.74, 6) is 0. The van der Waals surface area contributed by atoms with Gasteiger partial charge in [-0.05, 0) is 18.2 Å². The van der Waals surface area contributed by atoms with E-state index in [0.717, 1.165) is 11.0 Å². The Morgan fingerprint density at radius 2 is 2.00 bits per heavy atom. The van der Waals surface area contributed by atoms with Crippen molar-refractivity contribution >= 4 is 28.3 Å². The third kappa shape index (κ3) is 2.12. The van der Waals surface area contributed by atoms with Crippen LogP contribution in [0.25, 0.3) is 11.0 Å². The van der Waals surface area contributed by atoms with E-state index in [-0.39, 0.29) is 5.69 Å². The Labute approximate surface area is 119 Å². The van der Waals surface area contributed by atoms with Gasteiger partial charge in [0, 0.05) is 6.07 Å². The van der Waals surface area contributed by atoms with Gasteiger partial charge in [-0.25, -0.2) is 4.98 Å². The predicted molar refractivity (Wildman–Crippen MR) is 76.9 cm³/mol. The molecule has 0 aliphatic heterocycles. The van der Waals surface area contributed by atoms with E-state index in [9.17, 15) is 10.1 Å². The Bertz CT molecular complexity index is 798. The number of halogens is 1. The van der Waals surface area contributed by atoms with Crippen LogP contribution in [-0.4, -0.2) is 14.5 Å². The summed E-state index contributed by atoms with van der Waals surface area (Å²) in [5, 5.41) is 11.5. The van der Waals surface area contributed by atoms with E-state index in [1.165, 1.54) is 6.07 Å². The van der Waals surface area contributed by atoms with Crippen LogP contribution >= 0.6 is 11.6 Å². The average molecular weight is 288 g/mol. The highest BCUT2D eigenvalue weighted by Crippen LogP contribution is 2.28. The molecule has 5 nitrogen and oxygen atoms in total. The number of imidazole rings is 1. The van der Waals surface area contributed by atoms with Crippen molar-refractivity contribution in [2.45, 2.75) is 6.54 Å². The first-order valence-electron chi connectivity index (χ1n) is 5.98. The number of aromatic nitrogens is 2. The van der Waals surface area contributed by atoms with Gasteiger partial charge in [-0.3, -0.25) is 10.1 Å². The highest BCUT2D eigenvalue weighted by molar-refractivity contribution is 6.31. The largest absolute Gasteiger partial charge is 0.326 e. The minimum Gasteiger partial charge on any atom is -0.326 e. The van der Waals surface area contributed by atoms with E-state index < -0.39 is 4.92 Å². The van der Waals surface area contributed by atoms with Gasteiger partial charge < -0.3 is 4.57 Å². The van der Waals surface area contributed by atoms with Crippen molar-refractivity contribution in [2.75, 3.05) is 0 Å². The zero-order valence-electron chi connectivity index (χ0n) is 10.4. The van der Waals surface area contributed by atoms with Crippen LogP contribution in [0.5, 0.6) is 0 Å². The van der Waals surface area contributed by atoms with Crippen molar-refractivity contribution in [1.82, 2.24) is 9.55 Å². The Morgan fingerprint density at radius 3 is 2.80 bits per heavy atom. The molecule has 0 radical (unpaired) electrons. The standard InChI is InChI=1S/C14H10ClN3O2/c15-11-4-3-7-13(18(19)20)10(11)8-17-9-16-12-5-1-2-6-14(12)17/h1-7,9H,8H2. The van der Waals surface area contributed by atoms with E-state index in [4.69, 9.17) is 11.6 Å². The Morgan fingerprint density at radius 1 is 1.20 bits per heavy atom. The molecule has 0 bridgehead atoms. The zero-order chi connectivity index (χ0) is 14.1. The van der Waals surface area contributed by atoms with Gasteiger partial charge in [0.25, 0.3) is 5.69 Å². The molecule has 1 heterocycles. The average Bonchev–Trinajstić information content (AvgIpc) is 2.84. The van der Waals surface area contributed by atoms with Crippen LogP contribution in [0.1, 0.15) is 5.56 Å². The molecule has 0 N–H and O–H groups in total. The van der Waals surface area contributed by atoms with Crippen LogP contribution in [0.2, 0.25) is 5.02 Å². The first-order chi connectivity index (χ1) is 9.66. The maximum atomic E-state index is 11.1. The zero-order valence-corrected chi connectivity index (χ0v) is 11.1. The van der Waals surface area contributed by atoms with Gasteiger partial charge in [-0.15, -0.1) is 0 Å². The number of hydrogen-bond acceptors (Lipinski definition) is 3. The van der Waals surface area contributed by atoms with Crippen LogP contribution in [-0.2, 0) is 6.54 Å². The molecule has 0 saturated heterocycles. The summed E-state index contributed by atoms with van der Waals surface area (Å²) in [7, 11) is 0. The first-order valence-corrected chi connectivity index (χ1v) is 6.36. The van der Waals surface area contributed by atoms with E-state index in [1.54, 1.807) is 18.5 Å². The molecular weight excluding hydrogens is 278 g/mol. The molecule has 0 atom stereocenters. The van der Waals surface area contributed by atoms with Gasteiger partial charge in [0.2, 0.25) is 0 Å². The summed E-state index contributed by atoms with van der Waals surface area (Å²) < 4.78 is 1.85. The summed E-state index contributed by atoms with van der Waals surface area (Å²) in [4.78, 5) is 14.9. The molecule has 0 aliphatic carbocycles. The van der Waals surface area contributed by atoms with Gasteiger partial charge in [-0.1, -0.05) is 29.8 Å². The first kappa shape index (κ1) is 12.6. The summed E-state index contributed by atoms with van der Waals surface area (Å²) in [6.07, 6.45) is 1.66. The number of nitro groups is 1. The fourth-order valence-corrected chi connectivity index (χ4v) is 2.41. The fraction of sp³-hybridized carbons (Fsp3) is 0.0714. The molecular formula is C14H10ClN3O2. The van der Waals surface area contributed by atoms with Crippen molar-refractivity contribution in [3.63, 3.8) is 0 Å². The minimum absolute atomic E-state index is 0.0234. The monoisotopic (exact) mass is 287 g/mol. The SMILES string of the molecule is O=[N+]([O-])c1cccc(Cl)c1Cn1cnc2ccccc21. The molecule has 0 saturated carbocycles. The highest BCUT2D eigenvalue weighted by atomic mass is 35.5. The van der Waals surface area contributed by atoms with E-state index in [1.807, 2.05) is 28.8 Å². The minimum atomic E-state index is -0.416. The lowest BCUT2D eigenvalue weighted by Crippen LogP contribution is -2.03. The smallest absolute Gasteiger partial charge is 0.275 e. The Balaban J connectivity index is 2.10. The van der Waals surface area contributed by atoms with Gasteiger partial charge >= 0.3 is 0 Å². The van der Waals surface area contributed by atoms with Crippen molar-refractivity contribution in [3.05, 3.63) is 69.5 Å².